The lowest BCUT2D eigenvalue weighted by atomic mass is 9.88. The summed E-state index contributed by atoms with van der Waals surface area (Å²) in [6.45, 7) is 7.58. The van der Waals surface area contributed by atoms with E-state index in [4.69, 9.17) is 4.52 Å². The number of hydrogen-bond donors (Lipinski definition) is 0. The van der Waals surface area contributed by atoms with Gasteiger partial charge < -0.3 is 4.52 Å². The molecule has 0 bridgehead atoms. The predicted molar refractivity (Wildman–Crippen MR) is 82.9 cm³/mol. The summed E-state index contributed by atoms with van der Waals surface area (Å²) in [6.07, 6.45) is 0.686. The van der Waals surface area contributed by atoms with E-state index in [2.05, 4.69) is 11.2 Å². The van der Waals surface area contributed by atoms with Crippen LogP contribution in [0.5, 0.6) is 0 Å². The van der Waals surface area contributed by atoms with Crippen LogP contribution in [-0.4, -0.2) is 23.4 Å². The van der Waals surface area contributed by atoms with E-state index in [0.717, 1.165) is 5.56 Å². The van der Waals surface area contributed by atoms with Crippen molar-refractivity contribution in [2.45, 2.75) is 51.1 Å². The number of rotatable bonds is 2. The molecular weight excluding hydrogens is 300 g/mol. The normalized spacial score (nSPS) is 18.2. The Morgan fingerprint density at radius 2 is 1.82 bits per heavy atom. The minimum Gasteiger partial charge on any atom is -0.360 e. The van der Waals surface area contributed by atoms with Crippen LogP contribution in [0, 0.1) is 13.8 Å². The first-order valence-electron chi connectivity index (χ1n) is 7.26. The van der Waals surface area contributed by atoms with E-state index in [0.29, 0.717) is 24.4 Å². The monoisotopic (exact) mass is 320 g/mol. The van der Waals surface area contributed by atoms with Crippen LogP contribution in [0.25, 0.3) is 0 Å². The molecule has 0 N–H and O–H groups in total. The van der Waals surface area contributed by atoms with Crippen LogP contribution >= 0.6 is 0 Å². The lowest BCUT2D eigenvalue weighted by molar-refractivity contribution is 0.202. The third kappa shape index (κ3) is 2.27. The zero-order valence-corrected chi connectivity index (χ0v) is 14.1. The van der Waals surface area contributed by atoms with Gasteiger partial charge in [-0.25, -0.2) is 8.42 Å². The minimum atomic E-state index is -3.65. The van der Waals surface area contributed by atoms with Crippen LogP contribution < -0.4 is 0 Å². The summed E-state index contributed by atoms with van der Waals surface area (Å²) in [6, 6.07) is 7.99. The Labute approximate surface area is 131 Å². The second-order valence-electron chi connectivity index (χ2n) is 6.42. The standard InChI is InChI=1S/C16H20N2O3S/c1-11-15(12(2)21-17-11)22(19,20)18-10-14-8-6-5-7-13(14)9-16(18,3)4/h5-8H,9-10H2,1-4H3. The molecule has 2 aromatic rings. The Kier molecular flexibility index (Phi) is 3.41. The molecule has 118 valence electrons. The van der Waals surface area contributed by atoms with Gasteiger partial charge in [-0.2, -0.15) is 4.31 Å². The molecule has 0 spiro atoms. The highest BCUT2D eigenvalue weighted by atomic mass is 32.2. The quantitative estimate of drug-likeness (QED) is 0.853. The zero-order chi connectivity index (χ0) is 16.1. The third-order valence-corrected chi connectivity index (χ3v) is 6.55. The first-order chi connectivity index (χ1) is 10.2. The fourth-order valence-electron chi connectivity index (χ4n) is 3.17. The van der Waals surface area contributed by atoms with Gasteiger partial charge in [-0.15, -0.1) is 0 Å². The molecule has 1 aliphatic rings. The number of fused-ring (bicyclic) bond motifs is 1. The summed E-state index contributed by atoms with van der Waals surface area (Å²) in [4.78, 5) is 0.194. The van der Waals surface area contributed by atoms with Crippen LogP contribution in [0.3, 0.4) is 0 Å². The molecule has 5 nitrogen and oxygen atoms in total. The summed E-state index contributed by atoms with van der Waals surface area (Å²) in [5.41, 5.74) is 2.17. The van der Waals surface area contributed by atoms with E-state index >= 15 is 0 Å². The predicted octanol–water partition coefficient (Wildman–Crippen LogP) is 2.82. The van der Waals surface area contributed by atoms with Gasteiger partial charge in [-0.1, -0.05) is 29.4 Å². The Morgan fingerprint density at radius 3 is 2.41 bits per heavy atom. The number of benzene rings is 1. The highest BCUT2D eigenvalue weighted by molar-refractivity contribution is 7.89. The van der Waals surface area contributed by atoms with Crippen LogP contribution in [0.2, 0.25) is 0 Å². The molecule has 0 fully saturated rings. The Morgan fingerprint density at radius 1 is 1.18 bits per heavy atom. The van der Waals surface area contributed by atoms with Crippen molar-refractivity contribution in [3.05, 3.63) is 46.8 Å². The van der Waals surface area contributed by atoms with Crippen molar-refractivity contribution in [2.24, 2.45) is 0 Å². The van der Waals surface area contributed by atoms with Crippen LogP contribution in [0.15, 0.2) is 33.7 Å². The van der Waals surface area contributed by atoms with Crippen molar-refractivity contribution in [2.75, 3.05) is 0 Å². The van der Waals surface area contributed by atoms with Gasteiger partial charge in [0, 0.05) is 12.1 Å². The van der Waals surface area contributed by atoms with E-state index < -0.39 is 15.6 Å². The van der Waals surface area contributed by atoms with Crippen molar-refractivity contribution in [1.29, 1.82) is 0 Å². The summed E-state index contributed by atoms with van der Waals surface area (Å²) in [5, 5.41) is 3.79. The molecule has 1 aliphatic heterocycles. The molecule has 3 rings (SSSR count). The Bertz CT molecular complexity index is 802. The number of nitrogens with zero attached hydrogens (tertiary/aromatic N) is 2. The van der Waals surface area contributed by atoms with E-state index in [1.165, 1.54) is 5.56 Å². The summed E-state index contributed by atoms with van der Waals surface area (Å²) in [7, 11) is -3.65. The molecule has 22 heavy (non-hydrogen) atoms. The van der Waals surface area contributed by atoms with E-state index in [9.17, 15) is 8.42 Å². The van der Waals surface area contributed by atoms with Crippen molar-refractivity contribution < 1.29 is 12.9 Å². The van der Waals surface area contributed by atoms with Gasteiger partial charge in [0.15, 0.2) is 5.76 Å². The number of sulfonamides is 1. The molecule has 0 atom stereocenters. The molecule has 1 aromatic carbocycles. The number of aromatic nitrogens is 1. The fraction of sp³-hybridized carbons (Fsp3) is 0.438. The van der Waals surface area contributed by atoms with Gasteiger partial charge in [0.25, 0.3) is 0 Å². The van der Waals surface area contributed by atoms with Gasteiger partial charge >= 0.3 is 0 Å². The lowest BCUT2D eigenvalue weighted by Crippen LogP contribution is -2.51. The summed E-state index contributed by atoms with van der Waals surface area (Å²) in [5.74, 6) is 0.340. The van der Waals surface area contributed by atoms with E-state index in [1.807, 2.05) is 32.0 Å². The average Bonchev–Trinajstić information content (AvgIpc) is 2.76. The van der Waals surface area contributed by atoms with Gasteiger partial charge in [0.2, 0.25) is 10.0 Å². The summed E-state index contributed by atoms with van der Waals surface area (Å²) >= 11 is 0. The first-order valence-corrected chi connectivity index (χ1v) is 8.70. The molecular formula is C16H20N2O3S. The Balaban J connectivity index is 2.12. The highest BCUT2D eigenvalue weighted by Crippen LogP contribution is 2.36. The second-order valence-corrected chi connectivity index (χ2v) is 8.22. The molecule has 0 amide bonds. The number of hydrogen-bond acceptors (Lipinski definition) is 4. The maximum absolute atomic E-state index is 13.1. The maximum atomic E-state index is 13.1. The zero-order valence-electron chi connectivity index (χ0n) is 13.3. The van der Waals surface area contributed by atoms with Crippen LogP contribution in [0.1, 0.15) is 36.4 Å². The van der Waals surface area contributed by atoms with Crippen molar-refractivity contribution in [3.8, 4) is 0 Å². The molecule has 6 heteroatoms. The van der Waals surface area contributed by atoms with E-state index in [1.54, 1.807) is 18.2 Å². The van der Waals surface area contributed by atoms with Crippen LogP contribution in [-0.2, 0) is 23.0 Å². The molecule has 0 saturated carbocycles. The summed E-state index contributed by atoms with van der Waals surface area (Å²) < 4.78 is 32.9. The SMILES string of the molecule is Cc1noc(C)c1S(=O)(=O)N1Cc2ccccc2CC1(C)C. The van der Waals surface area contributed by atoms with Crippen molar-refractivity contribution in [1.82, 2.24) is 9.46 Å². The first kappa shape index (κ1) is 15.2. The van der Waals surface area contributed by atoms with Gasteiger partial charge in [0.1, 0.15) is 10.6 Å². The lowest BCUT2D eigenvalue weighted by Gasteiger charge is -2.42. The maximum Gasteiger partial charge on any atom is 0.249 e. The third-order valence-electron chi connectivity index (χ3n) is 4.25. The van der Waals surface area contributed by atoms with Crippen molar-refractivity contribution >= 4 is 10.0 Å². The molecule has 2 heterocycles. The van der Waals surface area contributed by atoms with Gasteiger partial charge in [-0.05, 0) is 45.2 Å². The second kappa shape index (κ2) is 4.93. The molecule has 0 radical (unpaired) electrons. The molecule has 0 aliphatic carbocycles. The topological polar surface area (TPSA) is 63.4 Å². The Hall–Kier alpha value is -1.66. The molecule has 1 aromatic heterocycles. The largest absolute Gasteiger partial charge is 0.360 e. The minimum absolute atomic E-state index is 0.194. The average molecular weight is 320 g/mol. The van der Waals surface area contributed by atoms with Crippen LogP contribution in [0.4, 0.5) is 0 Å². The van der Waals surface area contributed by atoms with E-state index in [-0.39, 0.29) is 4.90 Å². The number of aryl methyl sites for hydroxylation is 2. The fourth-order valence-corrected chi connectivity index (χ4v) is 5.23. The van der Waals surface area contributed by atoms with Gasteiger partial charge in [0.05, 0.1) is 0 Å². The van der Waals surface area contributed by atoms with Gasteiger partial charge in [-0.3, -0.25) is 0 Å². The molecule has 0 unspecified atom stereocenters. The smallest absolute Gasteiger partial charge is 0.249 e. The highest BCUT2D eigenvalue weighted by Gasteiger charge is 2.43. The van der Waals surface area contributed by atoms with Crippen molar-refractivity contribution in [3.63, 3.8) is 0 Å². The molecule has 0 saturated heterocycles.